The van der Waals surface area contributed by atoms with Gasteiger partial charge in [0.2, 0.25) is 5.16 Å². The second-order valence-electron chi connectivity index (χ2n) is 3.40. The maximum atomic E-state index is 4.45. The Morgan fingerprint density at radius 2 is 2.32 bits per heavy atom. The highest BCUT2D eigenvalue weighted by Crippen LogP contribution is 2.27. The molecule has 0 aromatic carbocycles. The molecule has 0 aliphatic heterocycles. The van der Waals surface area contributed by atoms with Gasteiger partial charge in [0.1, 0.15) is 5.01 Å². The van der Waals surface area contributed by atoms with E-state index in [0.717, 1.165) is 31.0 Å². The van der Waals surface area contributed by atoms with E-state index in [0.29, 0.717) is 0 Å². The summed E-state index contributed by atoms with van der Waals surface area (Å²) < 4.78 is 0.991. The average Bonchev–Trinajstić information content (AvgIpc) is 3.16. The third kappa shape index (κ3) is 3.16. The van der Waals surface area contributed by atoms with Crippen LogP contribution < -0.4 is 0 Å². The first kappa shape index (κ1) is 13.1. The molecule has 0 bridgehead atoms. The molecular formula is C10H9N5S4. The van der Waals surface area contributed by atoms with Crippen LogP contribution in [0.3, 0.4) is 0 Å². The third-order valence-electron chi connectivity index (χ3n) is 2.17. The van der Waals surface area contributed by atoms with Crippen LogP contribution in [0, 0.1) is 0 Å². The lowest BCUT2D eigenvalue weighted by molar-refractivity contribution is 0.962. The van der Waals surface area contributed by atoms with Gasteiger partial charge in [-0.1, -0.05) is 40.9 Å². The SMILES string of the molecule is CSc1nnc(CSc2n[nH]c(-c3cccs3)n2)s1. The number of nitrogens with one attached hydrogen (secondary N) is 1. The van der Waals surface area contributed by atoms with E-state index in [4.69, 9.17) is 0 Å². The first-order chi connectivity index (χ1) is 9.35. The molecule has 1 N–H and O–H groups in total. The molecule has 3 rings (SSSR count). The average molecular weight is 327 g/mol. The predicted molar refractivity (Wildman–Crippen MR) is 80.9 cm³/mol. The predicted octanol–water partition coefficient (Wildman–Crippen LogP) is 3.40. The molecule has 5 nitrogen and oxygen atoms in total. The largest absolute Gasteiger partial charge is 0.257 e. The Morgan fingerprint density at radius 3 is 3.05 bits per heavy atom. The van der Waals surface area contributed by atoms with Crippen LogP contribution in [0.5, 0.6) is 0 Å². The van der Waals surface area contributed by atoms with Gasteiger partial charge in [-0.2, -0.15) is 0 Å². The van der Waals surface area contributed by atoms with E-state index < -0.39 is 0 Å². The highest BCUT2D eigenvalue weighted by Gasteiger charge is 2.09. The van der Waals surface area contributed by atoms with Crippen molar-refractivity contribution in [2.45, 2.75) is 15.2 Å². The van der Waals surface area contributed by atoms with Crippen molar-refractivity contribution in [2.75, 3.05) is 6.26 Å². The monoisotopic (exact) mass is 327 g/mol. The number of rotatable bonds is 5. The molecule has 0 atom stereocenters. The van der Waals surface area contributed by atoms with Crippen molar-refractivity contribution < 1.29 is 0 Å². The summed E-state index contributed by atoms with van der Waals surface area (Å²) in [5.41, 5.74) is 0. The van der Waals surface area contributed by atoms with Crippen LogP contribution >= 0.6 is 46.2 Å². The Balaban J connectivity index is 1.64. The van der Waals surface area contributed by atoms with Gasteiger partial charge in [-0.15, -0.1) is 26.6 Å². The van der Waals surface area contributed by atoms with Crippen molar-refractivity contribution in [2.24, 2.45) is 0 Å². The Morgan fingerprint density at radius 1 is 1.37 bits per heavy atom. The number of H-pyrrole nitrogens is 1. The molecule has 0 aliphatic carbocycles. The van der Waals surface area contributed by atoms with Crippen molar-refractivity contribution in [3.8, 4) is 10.7 Å². The molecule has 0 saturated heterocycles. The molecule has 3 aromatic rings. The molecule has 0 radical (unpaired) electrons. The fourth-order valence-electron chi connectivity index (χ4n) is 1.34. The van der Waals surface area contributed by atoms with Crippen molar-refractivity contribution in [1.29, 1.82) is 0 Å². The van der Waals surface area contributed by atoms with E-state index in [-0.39, 0.29) is 0 Å². The van der Waals surface area contributed by atoms with E-state index in [1.54, 1.807) is 46.2 Å². The first-order valence-electron chi connectivity index (χ1n) is 5.30. The molecule has 0 spiro atoms. The topological polar surface area (TPSA) is 67.3 Å². The van der Waals surface area contributed by atoms with E-state index in [9.17, 15) is 0 Å². The normalized spacial score (nSPS) is 11.0. The molecule has 3 aromatic heterocycles. The summed E-state index contributed by atoms with van der Waals surface area (Å²) in [6.07, 6.45) is 2.00. The van der Waals surface area contributed by atoms with Gasteiger partial charge >= 0.3 is 0 Å². The van der Waals surface area contributed by atoms with Crippen LogP contribution in [0.2, 0.25) is 0 Å². The number of thioether (sulfide) groups is 2. The van der Waals surface area contributed by atoms with Gasteiger partial charge in [-0.25, -0.2) is 4.98 Å². The van der Waals surface area contributed by atoms with Crippen LogP contribution in [0.1, 0.15) is 5.01 Å². The second-order valence-corrected chi connectivity index (χ2v) is 7.40. The molecule has 98 valence electrons. The summed E-state index contributed by atoms with van der Waals surface area (Å²) in [6, 6.07) is 4.02. The Labute approximate surface area is 126 Å². The number of aromatic nitrogens is 5. The highest BCUT2D eigenvalue weighted by molar-refractivity contribution is 8.00. The number of thiophene rings is 1. The van der Waals surface area contributed by atoms with Crippen molar-refractivity contribution in [3.05, 3.63) is 22.5 Å². The van der Waals surface area contributed by atoms with Gasteiger partial charge in [0.15, 0.2) is 10.2 Å². The van der Waals surface area contributed by atoms with Crippen LogP contribution in [0.15, 0.2) is 27.0 Å². The smallest absolute Gasteiger partial charge is 0.209 e. The van der Waals surface area contributed by atoms with Crippen LogP contribution in [0.4, 0.5) is 0 Å². The third-order valence-corrected chi connectivity index (χ3v) is 5.98. The number of hydrogen-bond acceptors (Lipinski definition) is 8. The van der Waals surface area contributed by atoms with Gasteiger partial charge in [-0.3, -0.25) is 5.10 Å². The van der Waals surface area contributed by atoms with E-state index in [2.05, 4.69) is 25.4 Å². The molecule has 0 amide bonds. The van der Waals surface area contributed by atoms with Gasteiger partial charge in [0.25, 0.3) is 0 Å². The lowest BCUT2D eigenvalue weighted by Gasteiger charge is -1.90. The summed E-state index contributed by atoms with van der Waals surface area (Å²) in [5, 5.41) is 19.1. The number of nitrogens with zero attached hydrogens (tertiary/aromatic N) is 4. The van der Waals surface area contributed by atoms with Crippen molar-refractivity contribution >= 4 is 46.2 Å². The quantitative estimate of drug-likeness (QED) is 0.724. The zero-order valence-electron chi connectivity index (χ0n) is 9.86. The molecule has 0 unspecified atom stereocenters. The van der Waals surface area contributed by atoms with Gasteiger partial charge in [-0.05, 0) is 17.7 Å². The Bertz CT molecular complexity index is 644. The molecule has 0 aliphatic rings. The molecule has 19 heavy (non-hydrogen) atoms. The van der Waals surface area contributed by atoms with E-state index in [1.807, 2.05) is 23.8 Å². The Hall–Kier alpha value is -0.900. The molecular weight excluding hydrogens is 318 g/mol. The van der Waals surface area contributed by atoms with E-state index in [1.165, 1.54) is 0 Å². The minimum Gasteiger partial charge on any atom is -0.257 e. The maximum Gasteiger partial charge on any atom is 0.209 e. The summed E-state index contributed by atoms with van der Waals surface area (Å²) in [5.74, 6) is 1.57. The summed E-state index contributed by atoms with van der Waals surface area (Å²) >= 11 is 6.44. The minimum absolute atomic E-state index is 0.740. The number of hydrogen-bond donors (Lipinski definition) is 1. The lowest BCUT2D eigenvalue weighted by atomic mass is 10.4. The summed E-state index contributed by atoms with van der Waals surface area (Å²) in [7, 11) is 0. The van der Waals surface area contributed by atoms with Crippen molar-refractivity contribution in [1.82, 2.24) is 25.4 Å². The fraction of sp³-hybridized carbons (Fsp3) is 0.200. The molecule has 3 heterocycles. The van der Waals surface area contributed by atoms with Gasteiger partial charge < -0.3 is 0 Å². The summed E-state index contributed by atoms with van der Waals surface area (Å²) in [4.78, 5) is 5.55. The van der Waals surface area contributed by atoms with Gasteiger partial charge in [0.05, 0.1) is 10.6 Å². The molecule has 0 saturated carbocycles. The lowest BCUT2D eigenvalue weighted by Crippen LogP contribution is -1.81. The standard InChI is InChI=1S/C10H9N5S4/c1-16-10-15-12-7(19-10)5-18-9-11-8(13-14-9)6-3-2-4-17-6/h2-4H,5H2,1H3,(H,11,13,14). The van der Waals surface area contributed by atoms with E-state index >= 15 is 0 Å². The van der Waals surface area contributed by atoms with Crippen LogP contribution in [0.25, 0.3) is 10.7 Å². The summed E-state index contributed by atoms with van der Waals surface area (Å²) in [6.45, 7) is 0. The Kier molecular flexibility index (Phi) is 4.16. The first-order valence-corrected chi connectivity index (χ1v) is 9.21. The van der Waals surface area contributed by atoms with Crippen LogP contribution in [-0.4, -0.2) is 31.6 Å². The van der Waals surface area contributed by atoms with Gasteiger partial charge in [0, 0.05) is 0 Å². The van der Waals surface area contributed by atoms with Crippen LogP contribution in [-0.2, 0) is 5.75 Å². The maximum absolute atomic E-state index is 4.45. The molecule has 0 fully saturated rings. The fourth-order valence-corrected chi connectivity index (χ4v) is 4.10. The highest BCUT2D eigenvalue weighted by atomic mass is 32.2. The zero-order chi connectivity index (χ0) is 13.1. The van der Waals surface area contributed by atoms with Crippen molar-refractivity contribution in [3.63, 3.8) is 0 Å². The second kappa shape index (κ2) is 6.04. The molecule has 9 heteroatoms. The number of aromatic amines is 1. The zero-order valence-corrected chi connectivity index (χ0v) is 13.1. The minimum atomic E-state index is 0.740.